The molecular weight excluding hydrogens is 246 g/mol. The van der Waals surface area contributed by atoms with Crippen molar-refractivity contribution in [3.05, 3.63) is 42.0 Å². The van der Waals surface area contributed by atoms with Gasteiger partial charge in [-0.25, -0.2) is 0 Å². The lowest BCUT2D eigenvalue weighted by Crippen LogP contribution is -2.58. The third kappa shape index (κ3) is 1.98. The second kappa shape index (κ2) is 4.92. The van der Waals surface area contributed by atoms with Gasteiger partial charge in [-0.2, -0.15) is 0 Å². The van der Waals surface area contributed by atoms with Gasteiger partial charge in [-0.1, -0.05) is 26.0 Å². The maximum absolute atomic E-state index is 9.83. The van der Waals surface area contributed by atoms with E-state index in [1.165, 1.54) is 17.5 Å². The van der Waals surface area contributed by atoms with Gasteiger partial charge in [0.15, 0.2) is 0 Å². The summed E-state index contributed by atoms with van der Waals surface area (Å²) >= 11 is 0. The second-order valence-electron chi connectivity index (χ2n) is 6.68. The molecule has 1 aromatic carbocycles. The van der Waals surface area contributed by atoms with Crippen LogP contribution in [0.3, 0.4) is 0 Å². The maximum Gasteiger partial charge on any atom is 0.115 e. The Labute approximate surface area is 122 Å². The molecule has 0 spiro atoms. The minimum Gasteiger partial charge on any atom is -0.508 e. The molecule has 2 nitrogen and oxygen atoms in total. The minimum atomic E-state index is 0.210. The number of phenolic OH excluding ortho intramolecular Hbond substituents is 1. The third-order valence-electron chi connectivity index (χ3n) is 5.73. The quantitative estimate of drug-likeness (QED) is 0.851. The van der Waals surface area contributed by atoms with E-state index in [0.29, 0.717) is 17.7 Å². The van der Waals surface area contributed by atoms with Gasteiger partial charge in [0.1, 0.15) is 5.75 Å². The molecule has 3 rings (SSSR count). The van der Waals surface area contributed by atoms with Crippen molar-refractivity contribution in [2.75, 3.05) is 13.1 Å². The predicted octanol–water partition coefficient (Wildman–Crippen LogP) is 3.49. The van der Waals surface area contributed by atoms with Crippen molar-refractivity contribution in [1.82, 2.24) is 4.90 Å². The summed E-state index contributed by atoms with van der Waals surface area (Å²) in [5, 5.41) is 9.83. The predicted molar refractivity (Wildman–Crippen MR) is 83.1 cm³/mol. The van der Waals surface area contributed by atoms with Crippen LogP contribution >= 0.6 is 0 Å². The van der Waals surface area contributed by atoms with Crippen molar-refractivity contribution in [2.45, 2.75) is 44.6 Å². The molecule has 3 atom stereocenters. The topological polar surface area (TPSA) is 23.5 Å². The van der Waals surface area contributed by atoms with Gasteiger partial charge < -0.3 is 5.11 Å². The van der Waals surface area contributed by atoms with Crippen LogP contribution < -0.4 is 0 Å². The average molecular weight is 271 g/mol. The van der Waals surface area contributed by atoms with E-state index in [1.807, 2.05) is 18.2 Å². The van der Waals surface area contributed by atoms with Gasteiger partial charge in [-0.15, -0.1) is 6.58 Å². The van der Waals surface area contributed by atoms with Crippen molar-refractivity contribution in [3.63, 3.8) is 0 Å². The lowest BCUT2D eigenvalue weighted by molar-refractivity contribution is 0.0327. The molecule has 1 N–H and O–H groups in total. The fourth-order valence-corrected chi connectivity index (χ4v) is 4.23. The molecule has 0 aromatic heterocycles. The van der Waals surface area contributed by atoms with Crippen LogP contribution in [0, 0.1) is 5.92 Å². The number of likely N-dealkylation sites (tertiary alicyclic amines) is 1. The summed E-state index contributed by atoms with van der Waals surface area (Å²) in [6, 6.07) is 6.59. The Morgan fingerprint density at radius 2 is 2.30 bits per heavy atom. The van der Waals surface area contributed by atoms with Gasteiger partial charge >= 0.3 is 0 Å². The monoisotopic (exact) mass is 271 g/mol. The van der Waals surface area contributed by atoms with Crippen LogP contribution in [-0.2, 0) is 11.8 Å². The number of benzene rings is 1. The lowest BCUT2D eigenvalue weighted by Gasteiger charge is -2.54. The molecule has 1 saturated heterocycles. The van der Waals surface area contributed by atoms with Crippen LogP contribution in [0.15, 0.2) is 30.9 Å². The zero-order valence-electron chi connectivity index (χ0n) is 12.6. The van der Waals surface area contributed by atoms with Gasteiger partial charge in [0.05, 0.1) is 0 Å². The first kappa shape index (κ1) is 13.7. The Morgan fingerprint density at radius 1 is 1.50 bits per heavy atom. The summed E-state index contributed by atoms with van der Waals surface area (Å²) in [5.41, 5.74) is 3.02. The standard InChI is InChI=1S/C18H25NO/c1-4-5-9-19-10-8-18(3)13(2)17(19)11-14-6-7-15(20)12-16(14)18/h4,6-7,12-13,17,20H,1,5,8-11H2,2-3H3/t13-,17+,18+/m1/s1. The number of phenols is 1. The number of rotatable bonds is 3. The van der Waals surface area contributed by atoms with Gasteiger partial charge in [0, 0.05) is 12.6 Å². The Morgan fingerprint density at radius 3 is 3.05 bits per heavy atom. The molecule has 0 saturated carbocycles. The molecule has 0 amide bonds. The average Bonchev–Trinajstić information content (AvgIpc) is 2.43. The molecule has 1 aliphatic heterocycles. The Hall–Kier alpha value is -1.28. The molecule has 2 heteroatoms. The number of hydrogen-bond donors (Lipinski definition) is 1. The number of nitrogens with zero attached hydrogens (tertiary/aromatic N) is 1. The highest BCUT2D eigenvalue weighted by atomic mass is 16.3. The number of piperidine rings is 1. The number of hydrogen-bond acceptors (Lipinski definition) is 2. The highest BCUT2D eigenvalue weighted by molar-refractivity contribution is 5.44. The number of aromatic hydroxyl groups is 1. The zero-order chi connectivity index (χ0) is 14.3. The summed E-state index contributed by atoms with van der Waals surface area (Å²) in [5.74, 6) is 1.04. The molecule has 108 valence electrons. The van der Waals surface area contributed by atoms with Crippen molar-refractivity contribution < 1.29 is 5.11 Å². The van der Waals surface area contributed by atoms with E-state index in [0.717, 1.165) is 25.9 Å². The fraction of sp³-hybridized carbons (Fsp3) is 0.556. The molecule has 1 heterocycles. The second-order valence-corrected chi connectivity index (χ2v) is 6.68. The van der Waals surface area contributed by atoms with Gasteiger partial charge in [0.25, 0.3) is 0 Å². The minimum absolute atomic E-state index is 0.210. The molecule has 0 radical (unpaired) electrons. The first-order chi connectivity index (χ1) is 9.56. The fourth-order valence-electron chi connectivity index (χ4n) is 4.23. The maximum atomic E-state index is 9.83. The van der Waals surface area contributed by atoms with E-state index < -0.39 is 0 Å². The molecular formula is C18H25NO. The van der Waals surface area contributed by atoms with Crippen molar-refractivity contribution in [1.29, 1.82) is 0 Å². The smallest absolute Gasteiger partial charge is 0.115 e. The van der Waals surface area contributed by atoms with Gasteiger partial charge in [0.2, 0.25) is 0 Å². The molecule has 2 aliphatic rings. The van der Waals surface area contributed by atoms with Crippen molar-refractivity contribution >= 4 is 0 Å². The van der Waals surface area contributed by atoms with Crippen LogP contribution in [0.2, 0.25) is 0 Å². The van der Waals surface area contributed by atoms with Crippen molar-refractivity contribution in [3.8, 4) is 5.75 Å². The Bertz CT molecular complexity index is 524. The SMILES string of the molecule is C=CCCN1CC[C@]2(C)c3cc(O)ccc3C[C@H]1[C@H]2C. The highest BCUT2D eigenvalue weighted by Gasteiger charge is 2.48. The zero-order valence-corrected chi connectivity index (χ0v) is 12.6. The van der Waals surface area contributed by atoms with Gasteiger partial charge in [-0.3, -0.25) is 4.90 Å². The molecule has 0 unspecified atom stereocenters. The Balaban J connectivity index is 1.97. The molecule has 1 aliphatic carbocycles. The molecule has 20 heavy (non-hydrogen) atoms. The lowest BCUT2D eigenvalue weighted by atomic mass is 9.59. The molecule has 2 bridgehead atoms. The van der Waals surface area contributed by atoms with E-state index in [2.05, 4.69) is 31.4 Å². The van der Waals surface area contributed by atoms with Crippen LogP contribution in [0.1, 0.15) is 37.8 Å². The first-order valence-electron chi connectivity index (χ1n) is 7.73. The normalized spacial score (nSPS) is 32.7. The summed E-state index contributed by atoms with van der Waals surface area (Å²) < 4.78 is 0. The summed E-state index contributed by atoms with van der Waals surface area (Å²) in [4.78, 5) is 2.64. The van der Waals surface area contributed by atoms with E-state index in [4.69, 9.17) is 0 Å². The van der Waals surface area contributed by atoms with E-state index in [1.54, 1.807) is 0 Å². The summed E-state index contributed by atoms with van der Waals surface area (Å²) in [6.45, 7) is 10.9. The van der Waals surface area contributed by atoms with Crippen LogP contribution in [-0.4, -0.2) is 29.1 Å². The highest BCUT2D eigenvalue weighted by Crippen LogP contribution is 2.49. The van der Waals surface area contributed by atoms with Crippen molar-refractivity contribution in [2.24, 2.45) is 5.92 Å². The Kier molecular flexibility index (Phi) is 3.37. The van der Waals surface area contributed by atoms with Crippen LogP contribution in [0.5, 0.6) is 5.75 Å². The first-order valence-corrected chi connectivity index (χ1v) is 7.73. The molecule has 1 fully saturated rings. The summed E-state index contributed by atoms with van der Waals surface area (Å²) in [6.07, 6.45) is 5.39. The van der Waals surface area contributed by atoms with Gasteiger partial charge in [-0.05, 0) is 60.4 Å². The van der Waals surface area contributed by atoms with E-state index >= 15 is 0 Å². The van der Waals surface area contributed by atoms with E-state index in [9.17, 15) is 5.11 Å². The van der Waals surface area contributed by atoms with Crippen LogP contribution in [0.4, 0.5) is 0 Å². The largest absolute Gasteiger partial charge is 0.508 e. The number of fused-ring (bicyclic) bond motifs is 4. The summed E-state index contributed by atoms with van der Waals surface area (Å²) in [7, 11) is 0. The van der Waals surface area contributed by atoms with E-state index in [-0.39, 0.29) is 5.41 Å². The molecule has 1 aromatic rings. The third-order valence-corrected chi connectivity index (χ3v) is 5.73. The van der Waals surface area contributed by atoms with Crippen LogP contribution in [0.25, 0.3) is 0 Å².